The van der Waals surface area contributed by atoms with Crippen LogP contribution in [-0.2, 0) is 4.79 Å². The van der Waals surface area contributed by atoms with E-state index >= 15 is 0 Å². The molecule has 0 spiro atoms. The number of nitrogens with two attached hydrogens (primary N) is 1. The lowest BCUT2D eigenvalue weighted by Crippen LogP contribution is -2.42. The van der Waals surface area contributed by atoms with E-state index in [-0.39, 0.29) is 6.04 Å². The second-order valence-corrected chi connectivity index (χ2v) is 5.66. The minimum Gasteiger partial charge on any atom is -0.343 e. The van der Waals surface area contributed by atoms with Crippen LogP contribution in [0.2, 0.25) is 0 Å². The van der Waals surface area contributed by atoms with Gasteiger partial charge in [-0.3, -0.25) is 4.79 Å². The second kappa shape index (κ2) is 7.17. The predicted octanol–water partition coefficient (Wildman–Crippen LogP) is 1.72. The number of likely N-dealkylation sites (tertiary alicyclic amines) is 1. The molecule has 0 saturated carbocycles. The number of hydrogen-bond acceptors (Lipinski definition) is 3. The minimum atomic E-state index is 0.272. The minimum absolute atomic E-state index is 0.272. The molecule has 1 fully saturated rings. The Bertz CT molecular complexity index is 213. The molecule has 16 heavy (non-hydrogen) atoms. The maximum atomic E-state index is 11.8. The smallest absolute Gasteiger partial charge is 0.222 e. The fraction of sp³-hybridized carbons (Fsp3) is 0.917. The molecule has 1 rings (SSSR count). The van der Waals surface area contributed by atoms with Crippen molar-refractivity contribution in [3.63, 3.8) is 0 Å². The first-order valence-corrected chi connectivity index (χ1v) is 7.57. The molecule has 94 valence electrons. The average Bonchev–Trinajstić information content (AvgIpc) is 2.29. The predicted molar refractivity (Wildman–Crippen MR) is 70.6 cm³/mol. The summed E-state index contributed by atoms with van der Waals surface area (Å²) in [5, 5.41) is 0. The van der Waals surface area contributed by atoms with Gasteiger partial charge in [-0.25, -0.2) is 0 Å². The fourth-order valence-electron chi connectivity index (χ4n) is 2.20. The first kappa shape index (κ1) is 13.8. The number of thioether (sulfide) groups is 1. The maximum absolute atomic E-state index is 11.8. The Kier molecular flexibility index (Phi) is 6.21. The van der Waals surface area contributed by atoms with Crippen LogP contribution in [0.3, 0.4) is 0 Å². The van der Waals surface area contributed by atoms with E-state index in [9.17, 15) is 4.79 Å². The lowest BCUT2D eigenvalue weighted by atomic mass is 9.91. The monoisotopic (exact) mass is 244 g/mol. The third-order valence-electron chi connectivity index (χ3n) is 3.37. The zero-order chi connectivity index (χ0) is 12.0. The summed E-state index contributed by atoms with van der Waals surface area (Å²) in [7, 11) is 0. The summed E-state index contributed by atoms with van der Waals surface area (Å²) < 4.78 is 0. The molecule has 0 aromatic rings. The van der Waals surface area contributed by atoms with Crippen LogP contribution in [0.15, 0.2) is 0 Å². The van der Waals surface area contributed by atoms with Gasteiger partial charge in [0.05, 0.1) is 0 Å². The van der Waals surface area contributed by atoms with E-state index in [1.807, 2.05) is 16.7 Å². The highest BCUT2D eigenvalue weighted by atomic mass is 32.2. The van der Waals surface area contributed by atoms with Crippen molar-refractivity contribution in [1.29, 1.82) is 0 Å². The standard InChI is InChI=1S/C12H24N2OS/c1-10(13)11-5-7-14(8-6-11)12(15)4-3-9-16-2/h10-11H,3-9,13H2,1-2H3. The summed E-state index contributed by atoms with van der Waals surface area (Å²) in [6.07, 6.45) is 5.95. The molecule has 0 aliphatic carbocycles. The van der Waals surface area contributed by atoms with Crippen molar-refractivity contribution in [1.82, 2.24) is 4.90 Å². The molecular formula is C12H24N2OS. The molecule has 1 saturated heterocycles. The summed E-state index contributed by atoms with van der Waals surface area (Å²) in [5.41, 5.74) is 5.88. The van der Waals surface area contributed by atoms with Crippen LogP contribution < -0.4 is 5.73 Å². The molecule has 1 aliphatic heterocycles. The Morgan fingerprint density at radius 1 is 1.50 bits per heavy atom. The number of amides is 1. The van der Waals surface area contributed by atoms with Gasteiger partial charge in [-0.15, -0.1) is 0 Å². The van der Waals surface area contributed by atoms with Crippen molar-refractivity contribution in [3.05, 3.63) is 0 Å². The van der Waals surface area contributed by atoms with Crippen molar-refractivity contribution >= 4 is 17.7 Å². The lowest BCUT2D eigenvalue weighted by Gasteiger charge is -2.33. The van der Waals surface area contributed by atoms with Gasteiger partial charge < -0.3 is 10.6 Å². The van der Waals surface area contributed by atoms with Gasteiger partial charge in [-0.2, -0.15) is 11.8 Å². The molecule has 3 nitrogen and oxygen atoms in total. The normalized spacial score (nSPS) is 19.8. The van der Waals surface area contributed by atoms with E-state index in [1.54, 1.807) is 0 Å². The Balaban J connectivity index is 2.22. The quantitative estimate of drug-likeness (QED) is 0.749. The second-order valence-electron chi connectivity index (χ2n) is 4.67. The van der Waals surface area contributed by atoms with E-state index in [0.29, 0.717) is 18.2 Å². The summed E-state index contributed by atoms with van der Waals surface area (Å²) in [6.45, 7) is 3.88. The fourth-order valence-corrected chi connectivity index (χ4v) is 2.63. The van der Waals surface area contributed by atoms with Crippen LogP contribution in [-0.4, -0.2) is 41.9 Å². The summed E-state index contributed by atoms with van der Waals surface area (Å²) in [6, 6.07) is 0.272. The molecule has 1 unspecified atom stereocenters. The van der Waals surface area contributed by atoms with Crippen molar-refractivity contribution in [2.45, 2.75) is 38.6 Å². The first-order valence-electron chi connectivity index (χ1n) is 6.17. The molecule has 0 radical (unpaired) electrons. The van der Waals surface area contributed by atoms with Gasteiger partial charge >= 0.3 is 0 Å². The van der Waals surface area contributed by atoms with Crippen LogP contribution in [0.4, 0.5) is 0 Å². The highest BCUT2D eigenvalue weighted by Gasteiger charge is 2.24. The van der Waals surface area contributed by atoms with Gasteiger partial charge in [0, 0.05) is 25.6 Å². The third kappa shape index (κ3) is 4.34. The number of carbonyl (C=O) groups excluding carboxylic acids is 1. The van der Waals surface area contributed by atoms with Crippen LogP contribution in [0.5, 0.6) is 0 Å². The number of carbonyl (C=O) groups is 1. The van der Waals surface area contributed by atoms with Crippen molar-refractivity contribution in [2.24, 2.45) is 11.7 Å². The van der Waals surface area contributed by atoms with Gasteiger partial charge in [0.15, 0.2) is 0 Å². The zero-order valence-corrected chi connectivity index (χ0v) is 11.3. The Morgan fingerprint density at radius 3 is 2.62 bits per heavy atom. The third-order valence-corrected chi connectivity index (χ3v) is 4.07. The zero-order valence-electron chi connectivity index (χ0n) is 10.4. The van der Waals surface area contributed by atoms with Gasteiger partial charge in [0.1, 0.15) is 0 Å². The number of hydrogen-bond donors (Lipinski definition) is 1. The Hall–Kier alpha value is -0.220. The highest BCUT2D eigenvalue weighted by Crippen LogP contribution is 2.20. The molecule has 0 bridgehead atoms. The van der Waals surface area contributed by atoms with Crippen LogP contribution in [0.25, 0.3) is 0 Å². The summed E-state index contributed by atoms with van der Waals surface area (Å²) in [5.74, 6) is 2.02. The number of rotatable bonds is 5. The van der Waals surface area contributed by atoms with Gasteiger partial charge in [-0.05, 0) is 44.1 Å². The lowest BCUT2D eigenvalue weighted by molar-refractivity contribution is -0.132. The van der Waals surface area contributed by atoms with E-state index in [1.165, 1.54) is 0 Å². The van der Waals surface area contributed by atoms with Crippen LogP contribution in [0, 0.1) is 5.92 Å². The van der Waals surface area contributed by atoms with Crippen molar-refractivity contribution in [2.75, 3.05) is 25.1 Å². The SMILES string of the molecule is CSCCCC(=O)N1CCC(C(C)N)CC1. The van der Waals surface area contributed by atoms with Crippen molar-refractivity contribution < 1.29 is 4.79 Å². The van der Waals surface area contributed by atoms with E-state index in [4.69, 9.17) is 5.73 Å². The van der Waals surface area contributed by atoms with Crippen molar-refractivity contribution in [3.8, 4) is 0 Å². The van der Waals surface area contributed by atoms with Gasteiger partial charge in [0.25, 0.3) is 0 Å². The molecule has 0 aromatic carbocycles. The molecule has 0 aromatic heterocycles. The van der Waals surface area contributed by atoms with E-state index < -0.39 is 0 Å². The summed E-state index contributed by atoms with van der Waals surface area (Å²) in [4.78, 5) is 13.8. The largest absolute Gasteiger partial charge is 0.343 e. The van der Waals surface area contributed by atoms with Gasteiger partial charge in [0.2, 0.25) is 5.91 Å². The molecule has 4 heteroatoms. The molecule has 1 atom stereocenters. The number of piperidine rings is 1. The van der Waals surface area contributed by atoms with E-state index in [2.05, 4.69) is 13.2 Å². The average molecular weight is 244 g/mol. The van der Waals surface area contributed by atoms with Crippen LogP contribution >= 0.6 is 11.8 Å². The Morgan fingerprint density at radius 2 is 2.12 bits per heavy atom. The number of nitrogens with zero attached hydrogens (tertiary/aromatic N) is 1. The maximum Gasteiger partial charge on any atom is 0.222 e. The first-order chi connectivity index (χ1) is 7.65. The highest BCUT2D eigenvalue weighted by molar-refractivity contribution is 7.98. The molecule has 2 N–H and O–H groups in total. The Labute approximate surface area is 103 Å². The molecule has 1 amide bonds. The molecular weight excluding hydrogens is 220 g/mol. The van der Waals surface area contributed by atoms with Gasteiger partial charge in [-0.1, -0.05) is 0 Å². The summed E-state index contributed by atoms with van der Waals surface area (Å²) >= 11 is 1.81. The molecule has 1 heterocycles. The molecule has 1 aliphatic rings. The van der Waals surface area contributed by atoms with Crippen LogP contribution in [0.1, 0.15) is 32.6 Å². The van der Waals surface area contributed by atoms with E-state index in [0.717, 1.165) is 38.1 Å². The topological polar surface area (TPSA) is 46.3 Å².